The van der Waals surface area contributed by atoms with E-state index in [1.807, 2.05) is 0 Å². The summed E-state index contributed by atoms with van der Waals surface area (Å²) in [5.41, 5.74) is 2.38. The lowest BCUT2D eigenvalue weighted by Gasteiger charge is -2.09. The highest BCUT2D eigenvalue weighted by Gasteiger charge is 2.08. The van der Waals surface area contributed by atoms with Gasteiger partial charge in [-0.1, -0.05) is 44.2 Å². The molecule has 0 fully saturated rings. The fourth-order valence-electron chi connectivity index (χ4n) is 2.30. The smallest absolute Gasteiger partial charge is 0.273 e. The third-order valence-electron chi connectivity index (χ3n) is 3.78. The Morgan fingerprint density at radius 3 is 2.56 bits per heavy atom. The molecule has 2 aromatic carbocycles. The lowest BCUT2D eigenvalue weighted by Crippen LogP contribution is -2.30. The number of nitro groups is 1. The van der Waals surface area contributed by atoms with Crippen LogP contribution in [0.5, 0.6) is 5.75 Å². The van der Waals surface area contributed by atoms with E-state index in [9.17, 15) is 14.9 Å². The van der Waals surface area contributed by atoms with Crippen LogP contribution in [0.15, 0.2) is 48.5 Å². The Morgan fingerprint density at radius 2 is 1.92 bits per heavy atom. The van der Waals surface area contributed by atoms with Gasteiger partial charge in [0.1, 0.15) is 5.75 Å². The second-order valence-corrected chi connectivity index (χ2v) is 6.04. The number of nitro benzene ring substituents is 1. The molecule has 0 bridgehead atoms. The monoisotopic (exact) mass is 342 g/mol. The zero-order chi connectivity index (χ0) is 18.2. The molecule has 0 aromatic heterocycles. The van der Waals surface area contributed by atoms with E-state index in [4.69, 9.17) is 4.74 Å². The van der Waals surface area contributed by atoms with Crippen molar-refractivity contribution in [2.75, 3.05) is 13.2 Å². The molecule has 0 spiro atoms. The number of carbonyl (C=O) groups excluding carboxylic acids is 1. The van der Waals surface area contributed by atoms with E-state index in [2.05, 4.69) is 43.4 Å². The van der Waals surface area contributed by atoms with Gasteiger partial charge in [-0.3, -0.25) is 14.9 Å². The summed E-state index contributed by atoms with van der Waals surface area (Å²) in [4.78, 5) is 22.0. The highest BCUT2D eigenvalue weighted by Crippen LogP contribution is 2.19. The maximum absolute atomic E-state index is 11.8. The summed E-state index contributed by atoms with van der Waals surface area (Å²) in [5.74, 6) is 0.540. The molecule has 0 atom stereocenters. The van der Waals surface area contributed by atoms with Crippen LogP contribution in [0.2, 0.25) is 0 Å². The first-order valence-corrected chi connectivity index (χ1v) is 8.18. The molecule has 2 rings (SSSR count). The summed E-state index contributed by atoms with van der Waals surface area (Å²) < 4.78 is 5.29. The zero-order valence-electron chi connectivity index (χ0n) is 14.4. The van der Waals surface area contributed by atoms with Gasteiger partial charge in [0.25, 0.3) is 11.6 Å². The minimum atomic E-state index is -0.502. The molecule has 0 saturated heterocycles. The number of ether oxygens (including phenoxy) is 1. The van der Waals surface area contributed by atoms with Crippen molar-refractivity contribution in [3.8, 4) is 5.75 Å². The Hall–Kier alpha value is -2.89. The first-order valence-electron chi connectivity index (χ1n) is 8.18. The third kappa shape index (κ3) is 5.91. The lowest BCUT2D eigenvalue weighted by atomic mass is 10.0. The summed E-state index contributed by atoms with van der Waals surface area (Å²) in [6.45, 7) is 4.64. The molecule has 132 valence electrons. The number of amides is 1. The van der Waals surface area contributed by atoms with Crippen molar-refractivity contribution in [3.63, 3.8) is 0 Å². The molecular weight excluding hydrogens is 320 g/mol. The molecule has 1 amide bonds. The number of nitrogens with zero attached hydrogens (tertiary/aromatic N) is 1. The zero-order valence-corrected chi connectivity index (χ0v) is 14.4. The van der Waals surface area contributed by atoms with Crippen LogP contribution >= 0.6 is 0 Å². The van der Waals surface area contributed by atoms with E-state index >= 15 is 0 Å². The minimum absolute atomic E-state index is 0.0669. The minimum Gasteiger partial charge on any atom is -0.484 e. The van der Waals surface area contributed by atoms with Crippen molar-refractivity contribution < 1.29 is 14.5 Å². The Balaban J connectivity index is 1.73. The molecule has 0 saturated carbocycles. The Kier molecular flexibility index (Phi) is 6.51. The van der Waals surface area contributed by atoms with Gasteiger partial charge in [-0.15, -0.1) is 0 Å². The lowest BCUT2D eigenvalue weighted by molar-refractivity contribution is -0.384. The third-order valence-corrected chi connectivity index (χ3v) is 3.78. The van der Waals surface area contributed by atoms with E-state index in [0.29, 0.717) is 18.2 Å². The van der Waals surface area contributed by atoms with Crippen molar-refractivity contribution >= 4 is 11.6 Å². The van der Waals surface area contributed by atoms with Crippen molar-refractivity contribution in [1.82, 2.24) is 5.32 Å². The molecular formula is C19H22N2O4. The Bertz CT molecular complexity index is 726. The fraction of sp³-hybridized carbons (Fsp3) is 0.316. The Labute approximate surface area is 147 Å². The van der Waals surface area contributed by atoms with Gasteiger partial charge in [-0.2, -0.15) is 0 Å². The predicted octanol–water partition coefficient (Wildman–Crippen LogP) is 3.46. The van der Waals surface area contributed by atoms with Crippen LogP contribution in [0.3, 0.4) is 0 Å². The van der Waals surface area contributed by atoms with Crippen LogP contribution in [-0.4, -0.2) is 24.0 Å². The van der Waals surface area contributed by atoms with Gasteiger partial charge >= 0.3 is 0 Å². The highest BCUT2D eigenvalue weighted by atomic mass is 16.6. The molecule has 0 aliphatic heterocycles. The average Bonchev–Trinajstić information content (AvgIpc) is 2.60. The summed E-state index contributed by atoms with van der Waals surface area (Å²) in [6, 6.07) is 14.1. The van der Waals surface area contributed by atoms with Gasteiger partial charge in [-0.25, -0.2) is 0 Å². The van der Waals surface area contributed by atoms with Crippen molar-refractivity contribution in [2.24, 2.45) is 0 Å². The molecule has 6 heteroatoms. The van der Waals surface area contributed by atoms with Gasteiger partial charge in [-0.05, 0) is 29.5 Å². The quantitative estimate of drug-likeness (QED) is 0.588. The number of hydrogen-bond donors (Lipinski definition) is 1. The maximum Gasteiger partial charge on any atom is 0.273 e. The molecule has 2 aromatic rings. The summed E-state index contributed by atoms with van der Waals surface area (Å²) in [5, 5.41) is 13.5. The highest BCUT2D eigenvalue weighted by molar-refractivity contribution is 5.77. The van der Waals surface area contributed by atoms with Gasteiger partial charge < -0.3 is 10.1 Å². The van der Waals surface area contributed by atoms with Crippen molar-refractivity contribution in [1.29, 1.82) is 0 Å². The number of rotatable bonds is 8. The van der Waals surface area contributed by atoms with E-state index < -0.39 is 4.92 Å². The molecule has 0 aliphatic rings. The summed E-state index contributed by atoms with van der Waals surface area (Å²) in [6.07, 6.45) is 0.737. The number of nitrogens with one attached hydrogen (secondary N) is 1. The van der Waals surface area contributed by atoms with Crippen LogP contribution < -0.4 is 10.1 Å². The van der Waals surface area contributed by atoms with Gasteiger partial charge in [0.2, 0.25) is 0 Å². The van der Waals surface area contributed by atoms with Crippen LogP contribution in [0.1, 0.15) is 30.9 Å². The molecule has 0 radical (unpaired) electrons. The predicted molar refractivity (Wildman–Crippen MR) is 95.8 cm³/mol. The normalized spacial score (nSPS) is 10.5. The largest absolute Gasteiger partial charge is 0.484 e. The van der Waals surface area contributed by atoms with E-state index in [1.165, 1.54) is 23.8 Å². The van der Waals surface area contributed by atoms with E-state index in [1.54, 1.807) is 6.07 Å². The number of non-ortho nitro benzene ring substituents is 1. The van der Waals surface area contributed by atoms with Gasteiger partial charge in [0.05, 0.1) is 11.0 Å². The van der Waals surface area contributed by atoms with E-state index in [0.717, 1.165) is 12.0 Å². The van der Waals surface area contributed by atoms with Crippen LogP contribution in [-0.2, 0) is 11.2 Å². The first-order chi connectivity index (χ1) is 12.0. The maximum atomic E-state index is 11.8. The molecule has 0 aliphatic carbocycles. The number of benzene rings is 2. The van der Waals surface area contributed by atoms with Crippen molar-refractivity contribution in [3.05, 3.63) is 69.8 Å². The second-order valence-electron chi connectivity index (χ2n) is 6.04. The summed E-state index contributed by atoms with van der Waals surface area (Å²) in [7, 11) is 0. The fourth-order valence-corrected chi connectivity index (χ4v) is 2.30. The molecule has 1 N–H and O–H groups in total. The number of carbonyl (C=O) groups is 1. The molecule has 0 unspecified atom stereocenters. The molecule has 25 heavy (non-hydrogen) atoms. The second kappa shape index (κ2) is 8.82. The SMILES string of the molecule is CC(C)c1ccc(CCNC(=O)COc2cccc([N+](=O)[O-])c2)cc1. The average molecular weight is 342 g/mol. The van der Waals surface area contributed by atoms with Gasteiger partial charge in [0.15, 0.2) is 6.61 Å². The Morgan fingerprint density at radius 1 is 1.20 bits per heavy atom. The number of hydrogen-bond acceptors (Lipinski definition) is 4. The molecule has 6 nitrogen and oxygen atoms in total. The summed E-state index contributed by atoms with van der Waals surface area (Å²) >= 11 is 0. The standard InChI is InChI=1S/C19H22N2O4/c1-14(2)16-8-6-15(7-9-16)10-11-20-19(22)13-25-18-5-3-4-17(12-18)21(23)24/h3-9,12,14H,10-11,13H2,1-2H3,(H,20,22). The topological polar surface area (TPSA) is 81.5 Å². The van der Waals surface area contributed by atoms with Crippen LogP contribution in [0, 0.1) is 10.1 Å². The molecule has 0 heterocycles. The first kappa shape index (κ1) is 18.4. The van der Waals surface area contributed by atoms with Crippen molar-refractivity contribution in [2.45, 2.75) is 26.2 Å². The van der Waals surface area contributed by atoms with Gasteiger partial charge in [0, 0.05) is 12.6 Å². The van der Waals surface area contributed by atoms with E-state index in [-0.39, 0.29) is 18.2 Å². The van der Waals surface area contributed by atoms with Crippen LogP contribution in [0.4, 0.5) is 5.69 Å². The van der Waals surface area contributed by atoms with Crippen LogP contribution in [0.25, 0.3) is 0 Å².